The molecule has 1 amide bonds. The summed E-state index contributed by atoms with van der Waals surface area (Å²) < 4.78 is 0. The maximum Gasteiger partial charge on any atom is 0.248 e. The van der Waals surface area contributed by atoms with E-state index in [1.807, 2.05) is 36.4 Å². The minimum absolute atomic E-state index is 0.142. The van der Waals surface area contributed by atoms with Crippen molar-refractivity contribution in [2.45, 2.75) is 44.6 Å². The van der Waals surface area contributed by atoms with Crippen molar-refractivity contribution in [2.75, 3.05) is 16.8 Å². The van der Waals surface area contributed by atoms with E-state index in [4.69, 9.17) is 0 Å². The van der Waals surface area contributed by atoms with E-state index in [1.165, 1.54) is 43.4 Å². The number of nitrogens with zero attached hydrogens (tertiary/aromatic N) is 2. The molecule has 3 aromatic rings. The van der Waals surface area contributed by atoms with Gasteiger partial charge < -0.3 is 10.2 Å². The van der Waals surface area contributed by atoms with Crippen LogP contribution in [0, 0.1) is 0 Å². The van der Waals surface area contributed by atoms with Crippen LogP contribution in [0.1, 0.15) is 43.2 Å². The second kappa shape index (κ2) is 8.31. The van der Waals surface area contributed by atoms with E-state index in [2.05, 4.69) is 33.4 Å². The van der Waals surface area contributed by atoms with Gasteiger partial charge in [0.05, 0.1) is 17.4 Å². The van der Waals surface area contributed by atoms with Crippen LogP contribution in [-0.4, -0.2) is 23.5 Å². The molecule has 0 atom stereocenters. The van der Waals surface area contributed by atoms with E-state index in [0.717, 1.165) is 29.4 Å². The summed E-state index contributed by atoms with van der Waals surface area (Å²) in [5.74, 6) is -0.142. The summed E-state index contributed by atoms with van der Waals surface area (Å²) in [6, 6.07) is 17.1. The van der Waals surface area contributed by atoms with Crippen LogP contribution in [0.4, 0.5) is 11.4 Å². The summed E-state index contributed by atoms with van der Waals surface area (Å²) in [5, 5.41) is 3.92. The normalized spacial score (nSPS) is 16.9. The van der Waals surface area contributed by atoms with Gasteiger partial charge >= 0.3 is 0 Å². The van der Waals surface area contributed by atoms with Gasteiger partial charge in [-0.15, -0.1) is 0 Å². The van der Waals surface area contributed by atoms with Gasteiger partial charge in [0, 0.05) is 29.7 Å². The zero-order chi connectivity index (χ0) is 20.3. The second-order valence-electron chi connectivity index (χ2n) is 8.36. The number of pyridine rings is 1. The largest absolute Gasteiger partial charge is 0.368 e. The fourth-order valence-corrected chi connectivity index (χ4v) is 4.82. The molecule has 152 valence electrons. The summed E-state index contributed by atoms with van der Waals surface area (Å²) in [4.78, 5) is 19.4. The minimum Gasteiger partial charge on any atom is -0.368 e. The molecule has 1 N–H and O–H groups in total. The topological polar surface area (TPSA) is 45.2 Å². The van der Waals surface area contributed by atoms with E-state index in [0.29, 0.717) is 11.7 Å². The first kappa shape index (κ1) is 18.9. The molecule has 1 aliphatic heterocycles. The Kier molecular flexibility index (Phi) is 5.22. The third kappa shape index (κ3) is 3.95. The number of carbonyl (C=O) groups excluding carboxylic acids is 1. The van der Waals surface area contributed by atoms with Crippen molar-refractivity contribution in [1.82, 2.24) is 4.98 Å². The number of amides is 1. The Labute approximate surface area is 177 Å². The third-order valence-corrected chi connectivity index (χ3v) is 6.34. The molecule has 1 aromatic heterocycles. The second-order valence-corrected chi connectivity index (χ2v) is 8.36. The number of hydrogen-bond acceptors (Lipinski definition) is 3. The van der Waals surface area contributed by atoms with Gasteiger partial charge in [0.25, 0.3) is 0 Å². The molecule has 5 rings (SSSR count). The van der Waals surface area contributed by atoms with Crippen LogP contribution < -0.4 is 10.2 Å². The summed E-state index contributed by atoms with van der Waals surface area (Å²) in [7, 11) is 0. The van der Waals surface area contributed by atoms with E-state index in [9.17, 15) is 4.79 Å². The highest BCUT2D eigenvalue weighted by atomic mass is 16.1. The van der Waals surface area contributed by atoms with Gasteiger partial charge in [0.1, 0.15) is 0 Å². The monoisotopic (exact) mass is 397 g/mol. The number of nitrogens with one attached hydrogen (secondary N) is 1. The molecule has 4 nitrogen and oxygen atoms in total. The molecule has 1 saturated carbocycles. The molecule has 1 fully saturated rings. The van der Waals surface area contributed by atoms with Crippen molar-refractivity contribution in [3.8, 4) is 0 Å². The Morgan fingerprint density at radius 1 is 1.07 bits per heavy atom. The first-order valence-electron chi connectivity index (χ1n) is 11.0. The minimum atomic E-state index is -0.142. The van der Waals surface area contributed by atoms with Gasteiger partial charge in [0.2, 0.25) is 5.91 Å². The predicted molar refractivity (Wildman–Crippen MR) is 124 cm³/mol. The van der Waals surface area contributed by atoms with Crippen LogP contribution in [0.5, 0.6) is 0 Å². The maximum atomic E-state index is 12.4. The number of para-hydroxylation sites is 1. The number of rotatable bonds is 4. The van der Waals surface area contributed by atoms with E-state index >= 15 is 0 Å². The zero-order valence-corrected chi connectivity index (χ0v) is 17.2. The van der Waals surface area contributed by atoms with Crippen LogP contribution in [0.2, 0.25) is 0 Å². The van der Waals surface area contributed by atoms with Crippen LogP contribution in [0.3, 0.4) is 0 Å². The van der Waals surface area contributed by atoms with Crippen LogP contribution in [0.15, 0.2) is 60.8 Å². The number of hydrogen-bond donors (Lipinski definition) is 1. The summed E-state index contributed by atoms with van der Waals surface area (Å²) in [5.41, 5.74) is 5.51. The Hall–Kier alpha value is -3.14. The molecule has 2 heterocycles. The molecule has 0 radical (unpaired) electrons. The molecule has 1 aliphatic carbocycles. The standard InChI is InChI=1S/C26H27N3O/c30-26(28-22-17-20-6-4-5-9-24(20)27-18-22)13-11-19-10-12-25-21(16-19)14-15-29(25)23-7-2-1-3-8-23/h4-6,9-13,16-18,23H,1-3,7-8,14-15H2,(H,28,30)/b13-11+. The Balaban J connectivity index is 1.25. The van der Waals surface area contributed by atoms with Gasteiger partial charge in [-0.3, -0.25) is 9.78 Å². The molecule has 0 unspecified atom stereocenters. The molecule has 2 aliphatic rings. The van der Waals surface area contributed by atoms with Crippen LogP contribution >= 0.6 is 0 Å². The van der Waals surface area contributed by atoms with Gasteiger partial charge in [-0.25, -0.2) is 0 Å². The highest BCUT2D eigenvalue weighted by molar-refractivity contribution is 6.02. The average molecular weight is 398 g/mol. The summed E-state index contributed by atoms with van der Waals surface area (Å²) in [6.07, 6.45) is 13.1. The molecule has 30 heavy (non-hydrogen) atoms. The number of carbonyl (C=O) groups is 1. The molecule has 2 aromatic carbocycles. The quantitative estimate of drug-likeness (QED) is 0.584. The number of fused-ring (bicyclic) bond motifs is 2. The van der Waals surface area contributed by atoms with Gasteiger partial charge in [-0.05, 0) is 60.7 Å². The maximum absolute atomic E-state index is 12.4. The highest BCUT2D eigenvalue weighted by Crippen LogP contribution is 2.35. The summed E-state index contributed by atoms with van der Waals surface area (Å²) >= 11 is 0. The molecular formula is C26H27N3O. The molecule has 4 heteroatoms. The number of aromatic nitrogens is 1. The zero-order valence-electron chi connectivity index (χ0n) is 17.2. The third-order valence-electron chi connectivity index (χ3n) is 6.34. The Bertz CT molecular complexity index is 1100. The van der Waals surface area contributed by atoms with Crippen molar-refractivity contribution < 1.29 is 4.79 Å². The molecular weight excluding hydrogens is 370 g/mol. The van der Waals surface area contributed by atoms with Crippen molar-refractivity contribution >= 4 is 34.3 Å². The average Bonchev–Trinajstić information content (AvgIpc) is 3.21. The first-order chi connectivity index (χ1) is 14.8. The Morgan fingerprint density at radius 2 is 1.93 bits per heavy atom. The first-order valence-corrected chi connectivity index (χ1v) is 11.0. The van der Waals surface area contributed by atoms with E-state index < -0.39 is 0 Å². The summed E-state index contributed by atoms with van der Waals surface area (Å²) in [6.45, 7) is 1.13. The van der Waals surface area contributed by atoms with Gasteiger partial charge in [-0.1, -0.05) is 43.5 Å². The van der Waals surface area contributed by atoms with Crippen molar-refractivity contribution in [3.63, 3.8) is 0 Å². The predicted octanol–water partition coefficient (Wildman–Crippen LogP) is 5.58. The highest BCUT2D eigenvalue weighted by Gasteiger charge is 2.27. The number of anilines is 2. The lowest BCUT2D eigenvalue weighted by atomic mass is 9.94. The van der Waals surface area contributed by atoms with Crippen molar-refractivity contribution in [1.29, 1.82) is 0 Å². The van der Waals surface area contributed by atoms with E-state index in [-0.39, 0.29) is 5.91 Å². The smallest absolute Gasteiger partial charge is 0.248 e. The lowest BCUT2D eigenvalue weighted by molar-refractivity contribution is -0.111. The molecule has 0 spiro atoms. The fourth-order valence-electron chi connectivity index (χ4n) is 4.82. The number of benzene rings is 2. The van der Waals surface area contributed by atoms with Crippen LogP contribution in [-0.2, 0) is 11.2 Å². The molecule has 0 saturated heterocycles. The lowest BCUT2D eigenvalue weighted by Crippen LogP contribution is -2.35. The molecule has 0 bridgehead atoms. The van der Waals surface area contributed by atoms with Crippen molar-refractivity contribution in [2.24, 2.45) is 0 Å². The van der Waals surface area contributed by atoms with Crippen molar-refractivity contribution in [3.05, 3.63) is 71.9 Å². The van der Waals surface area contributed by atoms with E-state index in [1.54, 1.807) is 12.3 Å². The fraction of sp³-hybridized carbons (Fsp3) is 0.308. The van der Waals surface area contributed by atoms with Crippen LogP contribution in [0.25, 0.3) is 17.0 Å². The Morgan fingerprint density at radius 3 is 2.83 bits per heavy atom. The van der Waals surface area contributed by atoms with Gasteiger partial charge in [-0.2, -0.15) is 0 Å². The van der Waals surface area contributed by atoms with Gasteiger partial charge in [0.15, 0.2) is 0 Å². The lowest BCUT2D eigenvalue weighted by Gasteiger charge is -2.33. The SMILES string of the molecule is O=C(/C=C/c1ccc2c(c1)CCN2C1CCCCC1)Nc1cnc2ccccc2c1.